The van der Waals surface area contributed by atoms with Crippen LogP contribution in [0.15, 0.2) is 42.3 Å². The summed E-state index contributed by atoms with van der Waals surface area (Å²) in [7, 11) is 0. The molecule has 1 heterocycles. The van der Waals surface area contributed by atoms with Crippen LogP contribution in [-0.4, -0.2) is 4.98 Å². The third kappa shape index (κ3) is 2.27. The summed E-state index contributed by atoms with van der Waals surface area (Å²) in [6.45, 7) is 3.80. The lowest BCUT2D eigenvalue weighted by atomic mass is 9.76. The van der Waals surface area contributed by atoms with Crippen LogP contribution in [-0.2, 0) is 11.8 Å². The van der Waals surface area contributed by atoms with E-state index in [0.717, 1.165) is 12.1 Å². The lowest BCUT2D eigenvalue weighted by molar-refractivity contribution is 0.522. The molecule has 1 aromatic carbocycles. The molecule has 1 fully saturated rings. The first-order valence-electron chi connectivity index (χ1n) is 7.16. The molecule has 0 atom stereocenters. The van der Waals surface area contributed by atoms with Gasteiger partial charge in [-0.25, -0.2) is 4.98 Å². The number of aromatic nitrogens is 1. The minimum absolute atomic E-state index is 0.0842. The van der Waals surface area contributed by atoms with Crippen molar-refractivity contribution in [2.45, 2.75) is 37.5 Å². The second kappa shape index (κ2) is 5.41. The van der Waals surface area contributed by atoms with Crippen molar-refractivity contribution in [3.63, 3.8) is 0 Å². The maximum absolute atomic E-state index is 5.84. The van der Waals surface area contributed by atoms with Gasteiger partial charge in [0.1, 0.15) is 0 Å². The van der Waals surface area contributed by atoms with Gasteiger partial charge in [0.2, 0.25) is 0 Å². The molecule has 0 aliphatic heterocycles. The van der Waals surface area contributed by atoms with Crippen LogP contribution in [0.4, 0.5) is 5.13 Å². The summed E-state index contributed by atoms with van der Waals surface area (Å²) in [5.41, 5.74) is 9.79. The molecule has 1 saturated carbocycles. The number of hydrogen-bond acceptors (Lipinski definition) is 3. The molecule has 0 bridgehead atoms. The van der Waals surface area contributed by atoms with Crippen molar-refractivity contribution in [3.8, 4) is 0 Å². The monoisotopic (exact) mass is 284 g/mol. The van der Waals surface area contributed by atoms with Crippen LogP contribution in [0.2, 0.25) is 0 Å². The van der Waals surface area contributed by atoms with Gasteiger partial charge in [-0.3, -0.25) is 0 Å². The number of allylic oxidation sites excluding steroid dienone is 1. The summed E-state index contributed by atoms with van der Waals surface area (Å²) in [6.07, 6.45) is 7.77. The SMILES string of the molecule is C=CCc1ccc(C2(c3csc(N)n3)CCCC2)cc1. The zero-order valence-electron chi connectivity index (χ0n) is 11.6. The predicted molar refractivity (Wildman–Crippen MR) is 86.1 cm³/mol. The van der Waals surface area contributed by atoms with Gasteiger partial charge in [0, 0.05) is 10.8 Å². The van der Waals surface area contributed by atoms with E-state index in [2.05, 4.69) is 41.2 Å². The Kier molecular flexibility index (Phi) is 3.62. The summed E-state index contributed by atoms with van der Waals surface area (Å²) < 4.78 is 0. The van der Waals surface area contributed by atoms with Gasteiger partial charge >= 0.3 is 0 Å². The molecule has 0 amide bonds. The maximum Gasteiger partial charge on any atom is 0.180 e. The molecule has 1 aliphatic carbocycles. The number of benzene rings is 1. The van der Waals surface area contributed by atoms with Crippen LogP contribution in [0.1, 0.15) is 42.5 Å². The number of nitrogens with two attached hydrogens (primary N) is 1. The molecule has 0 unspecified atom stereocenters. The van der Waals surface area contributed by atoms with E-state index >= 15 is 0 Å². The second-order valence-corrected chi connectivity index (χ2v) is 6.44. The molecule has 20 heavy (non-hydrogen) atoms. The van der Waals surface area contributed by atoms with Crippen LogP contribution >= 0.6 is 11.3 Å². The molecule has 1 aliphatic rings. The van der Waals surface area contributed by atoms with E-state index in [1.54, 1.807) is 11.3 Å². The first-order chi connectivity index (χ1) is 9.74. The third-order valence-electron chi connectivity index (χ3n) is 4.36. The Morgan fingerprint density at radius 3 is 2.50 bits per heavy atom. The van der Waals surface area contributed by atoms with E-state index < -0.39 is 0 Å². The smallest absolute Gasteiger partial charge is 0.180 e. The van der Waals surface area contributed by atoms with Crippen LogP contribution in [0, 0.1) is 0 Å². The number of anilines is 1. The highest BCUT2D eigenvalue weighted by atomic mass is 32.1. The summed E-state index contributed by atoms with van der Waals surface area (Å²) >= 11 is 1.55. The van der Waals surface area contributed by atoms with Crippen LogP contribution in [0.5, 0.6) is 0 Å². The van der Waals surface area contributed by atoms with E-state index in [-0.39, 0.29) is 5.41 Å². The summed E-state index contributed by atoms with van der Waals surface area (Å²) in [6, 6.07) is 8.96. The van der Waals surface area contributed by atoms with Crippen molar-refractivity contribution in [1.29, 1.82) is 0 Å². The molecule has 1 aromatic heterocycles. The van der Waals surface area contributed by atoms with Gasteiger partial charge in [0.25, 0.3) is 0 Å². The highest BCUT2D eigenvalue weighted by Crippen LogP contribution is 2.46. The number of rotatable bonds is 4. The topological polar surface area (TPSA) is 38.9 Å². The molecular weight excluding hydrogens is 264 g/mol. The Labute approximate surface area is 124 Å². The van der Waals surface area contributed by atoms with Gasteiger partial charge in [-0.2, -0.15) is 0 Å². The van der Waals surface area contributed by atoms with Crippen molar-refractivity contribution in [2.24, 2.45) is 0 Å². The Balaban J connectivity index is 2.00. The fourth-order valence-electron chi connectivity index (χ4n) is 3.31. The number of thiazole rings is 1. The largest absolute Gasteiger partial charge is 0.375 e. The maximum atomic E-state index is 5.84. The number of nitrogen functional groups attached to an aromatic ring is 1. The predicted octanol–water partition coefficient (Wildman–Crippen LogP) is 4.31. The standard InChI is InChI=1S/C17H20N2S/c1-2-5-13-6-8-14(9-7-13)17(10-3-4-11-17)15-12-20-16(18)19-15/h2,6-9,12H,1,3-5,10-11H2,(H2,18,19). The van der Waals surface area contributed by atoms with Crippen molar-refractivity contribution < 1.29 is 0 Å². The van der Waals surface area contributed by atoms with E-state index in [1.165, 1.54) is 36.8 Å². The fourth-order valence-corrected chi connectivity index (χ4v) is 3.97. The Morgan fingerprint density at radius 1 is 1.25 bits per heavy atom. The quantitative estimate of drug-likeness (QED) is 0.849. The Bertz CT molecular complexity index is 592. The minimum Gasteiger partial charge on any atom is -0.375 e. The Morgan fingerprint density at radius 2 is 1.95 bits per heavy atom. The molecule has 0 saturated heterocycles. The average Bonchev–Trinajstić information content (AvgIpc) is 3.09. The van der Waals surface area contributed by atoms with Gasteiger partial charge in [0.15, 0.2) is 5.13 Å². The van der Waals surface area contributed by atoms with E-state index in [4.69, 9.17) is 5.73 Å². The number of nitrogens with zero attached hydrogens (tertiary/aromatic N) is 1. The van der Waals surface area contributed by atoms with Crippen molar-refractivity contribution in [3.05, 3.63) is 59.1 Å². The second-order valence-electron chi connectivity index (χ2n) is 5.55. The van der Waals surface area contributed by atoms with E-state index in [0.29, 0.717) is 5.13 Å². The molecular formula is C17H20N2S. The van der Waals surface area contributed by atoms with Gasteiger partial charge in [-0.15, -0.1) is 17.9 Å². The molecule has 2 N–H and O–H groups in total. The van der Waals surface area contributed by atoms with Crippen molar-refractivity contribution in [2.75, 3.05) is 5.73 Å². The molecule has 2 aromatic rings. The highest BCUT2D eigenvalue weighted by Gasteiger charge is 2.39. The van der Waals surface area contributed by atoms with Crippen LogP contribution in [0.3, 0.4) is 0 Å². The number of hydrogen-bond donors (Lipinski definition) is 1. The van der Waals surface area contributed by atoms with E-state index in [1.807, 2.05) is 6.08 Å². The van der Waals surface area contributed by atoms with Gasteiger partial charge in [0.05, 0.1) is 5.69 Å². The normalized spacial score (nSPS) is 17.2. The third-order valence-corrected chi connectivity index (χ3v) is 5.03. The summed E-state index contributed by atoms with van der Waals surface area (Å²) in [5.74, 6) is 0. The lowest BCUT2D eigenvalue weighted by Gasteiger charge is -2.28. The molecule has 3 heteroatoms. The molecule has 2 nitrogen and oxygen atoms in total. The molecule has 0 radical (unpaired) electrons. The zero-order chi connectivity index (χ0) is 14.0. The van der Waals surface area contributed by atoms with Crippen LogP contribution < -0.4 is 5.73 Å². The lowest BCUT2D eigenvalue weighted by Crippen LogP contribution is -2.24. The van der Waals surface area contributed by atoms with Gasteiger partial charge in [-0.1, -0.05) is 43.2 Å². The van der Waals surface area contributed by atoms with E-state index in [9.17, 15) is 0 Å². The zero-order valence-corrected chi connectivity index (χ0v) is 12.5. The summed E-state index contributed by atoms with van der Waals surface area (Å²) in [5, 5.41) is 2.81. The first-order valence-corrected chi connectivity index (χ1v) is 8.04. The Hall–Kier alpha value is -1.61. The molecule has 0 spiro atoms. The van der Waals surface area contributed by atoms with Crippen molar-refractivity contribution >= 4 is 16.5 Å². The molecule has 104 valence electrons. The summed E-state index contributed by atoms with van der Waals surface area (Å²) in [4.78, 5) is 4.58. The van der Waals surface area contributed by atoms with Crippen LogP contribution in [0.25, 0.3) is 0 Å². The average molecular weight is 284 g/mol. The minimum atomic E-state index is 0.0842. The first kappa shape index (κ1) is 13.4. The van der Waals surface area contributed by atoms with Gasteiger partial charge < -0.3 is 5.73 Å². The van der Waals surface area contributed by atoms with Crippen molar-refractivity contribution in [1.82, 2.24) is 4.98 Å². The van der Waals surface area contributed by atoms with Gasteiger partial charge in [-0.05, 0) is 30.4 Å². The highest BCUT2D eigenvalue weighted by molar-refractivity contribution is 7.13. The molecule has 3 rings (SSSR count). The fraction of sp³-hybridized carbons (Fsp3) is 0.353.